The molecule has 2 aliphatic carbocycles. The molecule has 2 N–H and O–H groups in total. The molecule has 28 heavy (non-hydrogen) atoms. The summed E-state index contributed by atoms with van der Waals surface area (Å²) < 4.78 is 6.22. The smallest absolute Gasteiger partial charge is 0.230 e. The Morgan fingerprint density at radius 1 is 1.14 bits per heavy atom. The topological polar surface area (TPSA) is 54.1 Å². The summed E-state index contributed by atoms with van der Waals surface area (Å²) in [6.07, 6.45) is 6.17. The van der Waals surface area contributed by atoms with Crippen LogP contribution in [0.25, 0.3) is 10.9 Å². The minimum Gasteiger partial charge on any atom is -0.490 e. The number of hydrogen-bond acceptors (Lipinski definition) is 2. The van der Waals surface area contributed by atoms with Crippen LogP contribution in [0.1, 0.15) is 49.7 Å². The number of aromatic amines is 1. The number of aromatic nitrogens is 1. The molecule has 5 rings (SSSR count). The van der Waals surface area contributed by atoms with E-state index in [0.29, 0.717) is 5.92 Å². The summed E-state index contributed by atoms with van der Waals surface area (Å²) in [5.41, 5.74) is 4.37. The SMILES string of the molecule is Cc1ccc([C@H]2C[C@H](Oc3ccc4[nH]cc(NC(=O)C5(C)CC5)c4c3)C2)cc1. The summed E-state index contributed by atoms with van der Waals surface area (Å²) in [5.74, 6) is 1.57. The highest BCUT2D eigenvalue weighted by atomic mass is 16.5. The zero-order valence-corrected chi connectivity index (χ0v) is 16.4. The van der Waals surface area contributed by atoms with E-state index < -0.39 is 0 Å². The number of carbonyl (C=O) groups is 1. The molecule has 0 spiro atoms. The first-order valence-electron chi connectivity index (χ1n) is 10.2. The highest BCUT2D eigenvalue weighted by Gasteiger charge is 2.45. The van der Waals surface area contributed by atoms with Crippen molar-refractivity contribution in [3.05, 3.63) is 59.8 Å². The molecule has 1 heterocycles. The Morgan fingerprint density at radius 2 is 1.89 bits per heavy atom. The molecular formula is C24H26N2O2. The van der Waals surface area contributed by atoms with Gasteiger partial charge >= 0.3 is 0 Å². The number of ether oxygens (including phenoxy) is 1. The zero-order valence-electron chi connectivity index (χ0n) is 16.4. The van der Waals surface area contributed by atoms with Gasteiger partial charge in [0, 0.05) is 22.5 Å². The molecule has 3 aromatic rings. The van der Waals surface area contributed by atoms with Gasteiger partial charge in [0.15, 0.2) is 0 Å². The zero-order chi connectivity index (χ0) is 19.3. The number of carbonyl (C=O) groups excluding carboxylic acids is 1. The van der Waals surface area contributed by atoms with Crippen molar-refractivity contribution in [2.24, 2.45) is 5.41 Å². The number of fused-ring (bicyclic) bond motifs is 1. The van der Waals surface area contributed by atoms with Gasteiger partial charge in [0.05, 0.1) is 11.8 Å². The lowest BCUT2D eigenvalue weighted by molar-refractivity contribution is -0.120. The molecule has 4 heteroatoms. The van der Waals surface area contributed by atoms with Gasteiger partial charge in [-0.2, -0.15) is 0 Å². The number of benzene rings is 2. The second-order valence-electron chi connectivity index (χ2n) is 8.74. The van der Waals surface area contributed by atoms with E-state index in [1.807, 2.05) is 31.3 Å². The molecule has 2 aromatic carbocycles. The second kappa shape index (κ2) is 6.40. The molecule has 0 radical (unpaired) electrons. The third-order valence-electron chi connectivity index (χ3n) is 6.40. The maximum absolute atomic E-state index is 12.4. The number of amides is 1. The molecular weight excluding hydrogens is 348 g/mol. The van der Waals surface area contributed by atoms with Gasteiger partial charge in [-0.05, 0) is 62.3 Å². The number of hydrogen-bond donors (Lipinski definition) is 2. The maximum atomic E-state index is 12.4. The van der Waals surface area contributed by atoms with Crippen molar-refractivity contribution in [1.82, 2.24) is 4.98 Å². The average molecular weight is 374 g/mol. The van der Waals surface area contributed by atoms with Crippen LogP contribution in [0.4, 0.5) is 5.69 Å². The van der Waals surface area contributed by atoms with Crippen molar-refractivity contribution >= 4 is 22.5 Å². The summed E-state index contributed by atoms with van der Waals surface area (Å²) in [7, 11) is 0. The lowest BCUT2D eigenvalue weighted by Crippen LogP contribution is -2.32. The van der Waals surface area contributed by atoms with Gasteiger partial charge in [-0.25, -0.2) is 0 Å². The predicted octanol–water partition coefficient (Wildman–Crippen LogP) is 5.54. The van der Waals surface area contributed by atoms with Gasteiger partial charge in [0.1, 0.15) is 5.75 Å². The lowest BCUT2D eigenvalue weighted by Gasteiger charge is -2.35. The van der Waals surface area contributed by atoms with E-state index in [4.69, 9.17) is 4.74 Å². The highest BCUT2D eigenvalue weighted by molar-refractivity contribution is 6.04. The van der Waals surface area contributed by atoms with Crippen LogP contribution >= 0.6 is 0 Å². The third-order valence-corrected chi connectivity index (χ3v) is 6.40. The van der Waals surface area contributed by atoms with Crippen molar-refractivity contribution in [2.75, 3.05) is 5.32 Å². The minimum absolute atomic E-state index is 0.111. The Morgan fingerprint density at radius 3 is 2.61 bits per heavy atom. The van der Waals surface area contributed by atoms with Crippen LogP contribution in [-0.4, -0.2) is 17.0 Å². The molecule has 0 saturated heterocycles. The first-order chi connectivity index (χ1) is 13.5. The van der Waals surface area contributed by atoms with E-state index in [2.05, 4.69) is 41.5 Å². The van der Waals surface area contributed by atoms with Gasteiger partial charge in [0.25, 0.3) is 0 Å². The summed E-state index contributed by atoms with van der Waals surface area (Å²) in [4.78, 5) is 15.6. The molecule has 0 unspecified atom stereocenters. The number of rotatable bonds is 5. The second-order valence-corrected chi connectivity index (χ2v) is 8.74. The Kier molecular flexibility index (Phi) is 3.97. The molecule has 144 valence electrons. The fourth-order valence-electron chi connectivity index (χ4n) is 3.93. The third kappa shape index (κ3) is 3.17. The minimum atomic E-state index is -0.186. The number of aryl methyl sites for hydroxylation is 1. The largest absolute Gasteiger partial charge is 0.490 e. The van der Waals surface area contributed by atoms with Crippen LogP contribution in [0, 0.1) is 12.3 Å². The van der Waals surface area contributed by atoms with Crippen LogP contribution < -0.4 is 10.1 Å². The standard InChI is InChI=1S/C24H26N2O2/c1-15-3-5-16(6-4-15)17-11-19(12-17)28-18-7-8-21-20(13-18)22(14-25-21)26-23(27)24(2)9-10-24/h3-8,13-14,17,19,25H,9-12H2,1-2H3,(H,26,27)/t17-,19-. The monoisotopic (exact) mass is 374 g/mol. The van der Waals surface area contributed by atoms with Crippen molar-refractivity contribution in [3.8, 4) is 5.75 Å². The first kappa shape index (κ1) is 17.4. The van der Waals surface area contributed by atoms with E-state index in [1.54, 1.807) is 0 Å². The van der Waals surface area contributed by atoms with E-state index in [1.165, 1.54) is 11.1 Å². The molecule has 1 aromatic heterocycles. The number of H-pyrrole nitrogens is 1. The molecule has 0 atom stereocenters. The molecule has 1 amide bonds. The maximum Gasteiger partial charge on any atom is 0.230 e. The molecule has 2 saturated carbocycles. The summed E-state index contributed by atoms with van der Waals surface area (Å²) >= 11 is 0. The summed E-state index contributed by atoms with van der Waals surface area (Å²) in [5, 5.41) is 4.09. The summed E-state index contributed by atoms with van der Waals surface area (Å²) in [6.45, 7) is 4.14. The Bertz CT molecular complexity index is 1020. The lowest BCUT2D eigenvalue weighted by atomic mass is 9.77. The molecule has 0 aliphatic heterocycles. The number of nitrogens with one attached hydrogen (secondary N) is 2. The van der Waals surface area contributed by atoms with Crippen LogP contribution in [0.5, 0.6) is 5.75 Å². The molecule has 0 bridgehead atoms. The van der Waals surface area contributed by atoms with Crippen LogP contribution in [0.3, 0.4) is 0 Å². The fraction of sp³-hybridized carbons (Fsp3) is 0.375. The highest BCUT2D eigenvalue weighted by Crippen LogP contribution is 2.46. The van der Waals surface area contributed by atoms with E-state index in [9.17, 15) is 4.79 Å². The van der Waals surface area contributed by atoms with Crippen LogP contribution in [0.2, 0.25) is 0 Å². The van der Waals surface area contributed by atoms with Crippen molar-refractivity contribution < 1.29 is 9.53 Å². The molecule has 2 aliphatic rings. The van der Waals surface area contributed by atoms with Gasteiger partial charge in [-0.1, -0.05) is 36.8 Å². The van der Waals surface area contributed by atoms with Gasteiger partial charge < -0.3 is 15.0 Å². The van der Waals surface area contributed by atoms with Gasteiger partial charge in [0.2, 0.25) is 5.91 Å². The predicted molar refractivity (Wildman–Crippen MR) is 112 cm³/mol. The van der Waals surface area contributed by atoms with E-state index >= 15 is 0 Å². The van der Waals surface area contributed by atoms with Crippen LogP contribution in [-0.2, 0) is 4.79 Å². The van der Waals surface area contributed by atoms with E-state index in [-0.39, 0.29) is 17.4 Å². The van der Waals surface area contributed by atoms with Crippen molar-refractivity contribution in [1.29, 1.82) is 0 Å². The normalized spacial score (nSPS) is 22.5. The fourth-order valence-corrected chi connectivity index (χ4v) is 3.93. The van der Waals surface area contributed by atoms with E-state index in [0.717, 1.165) is 48.0 Å². The first-order valence-corrected chi connectivity index (χ1v) is 10.2. The van der Waals surface area contributed by atoms with Crippen molar-refractivity contribution in [2.45, 2.75) is 51.6 Å². The van der Waals surface area contributed by atoms with Gasteiger partial charge in [-0.15, -0.1) is 0 Å². The van der Waals surface area contributed by atoms with Gasteiger partial charge in [-0.3, -0.25) is 4.79 Å². The molecule has 4 nitrogen and oxygen atoms in total. The number of anilines is 1. The molecule has 2 fully saturated rings. The van der Waals surface area contributed by atoms with Crippen LogP contribution in [0.15, 0.2) is 48.7 Å². The Labute approximate surface area is 165 Å². The summed E-state index contributed by atoms with van der Waals surface area (Å²) in [6, 6.07) is 14.9. The Hall–Kier alpha value is -2.75. The Balaban J connectivity index is 1.26. The average Bonchev–Trinajstić information content (AvgIpc) is 3.30. The van der Waals surface area contributed by atoms with Crippen molar-refractivity contribution in [3.63, 3.8) is 0 Å². The quantitative estimate of drug-likeness (QED) is 0.616.